The summed E-state index contributed by atoms with van der Waals surface area (Å²) in [4.78, 5) is 0. The second kappa shape index (κ2) is 7.35. The molecule has 5 nitrogen and oxygen atoms in total. The summed E-state index contributed by atoms with van der Waals surface area (Å²) in [5.74, 6) is 1.65. The molecule has 1 aromatic rings. The fourth-order valence-electron chi connectivity index (χ4n) is 1.62. The number of ether oxygens (including phenoxy) is 2. The summed E-state index contributed by atoms with van der Waals surface area (Å²) in [5, 5.41) is 4.97. The Morgan fingerprint density at radius 1 is 1.21 bits per heavy atom. The van der Waals surface area contributed by atoms with E-state index in [1.54, 1.807) is 7.11 Å². The smallest absolute Gasteiger partial charge is 0.209 e. The Bertz CT molecular complexity index is 487. The van der Waals surface area contributed by atoms with Gasteiger partial charge >= 0.3 is 0 Å². The first-order valence-electron chi connectivity index (χ1n) is 6.18. The average molecular weight is 287 g/mol. The van der Waals surface area contributed by atoms with E-state index in [4.69, 9.17) is 14.6 Å². The van der Waals surface area contributed by atoms with E-state index in [0.29, 0.717) is 24.5 Å². The van der Waals surface area contributed by atoms with E-state index in [1.807, 2.05) is 31.2 Å². The van der Waals surface area contributed by atoms with Gasteiger partial charge in [-0.15, -0.1) is 0 Å². The van der Waals surface area contributed by atoms with Crippen molar-refractivity contribution in [3.63, 3.8) is 0 Å². The van der Waals surface area contributed by atoms with Crippen LogP contribution < -0.4 is 14.6 Å². The van der Waals surface area contributed by atoms with Crippen LogP contribution in [0.5, 0.6) is 11.5 Å². The number of nitrogens with two attached hydrogens (primary N) is 1. The minimum atomic E-state index is -3.37. The van der Waals surface area contributed by atoms with Crippen molar-refractivity contribution >= 4 is 10.0 Å². The molecule has 108 valence electrons. The molecule has 1 aromatic carbocycles. The van der Waals surface area contributed by atoms with Gasteiger partial charge in [0.2, 0.25) is 10.0 Å². The zero-order valence-corrected chi connectivity index (χ0v) is 12.2. The van der Waals surface area contributed by atoms with Gasteiger partial charge in [-0.25, -0.2) is 13.6 Å². The molecule has 0 aliphatic rings. The molecule has 1 atom stereocenters. The van der Waals surface area contributed by atoms with Gasteiger partial charge in [0.05, 0.1) is 19.5 Å². The molecule has 0 amide bonds. The first-order chi connectivity index (χ1) is 8.92. The van der Waals surface area contributed by atoms with Crippen molar-refractivity contribution in [1.29, 1.82) is 0 Å². The van der Waals surface area contributed by atoms with Gasteiger partial charge in [-0.3, -0.25) is 0 Å². The third-order valence-electron chi connectivity index (χ3n) is 2.83. The molecule has 0 saturated carbocycles. The predicted octanol–water partition coefficient (Wildman–Crippen LogP) is 1.78. The molecular formula is C13H21NO4S. The van der Waals surface area contributed by atoms with E-state index < -0.39 is 10.0 Å². The lowest BCUT2D eigenvalue weighted by atomic mass is 10.1. The molecule has 1 unspecified atom stereocenters. The number of primary sulfonamides is 1. The Morgan fingerprint density at radius 3 is 2.42 bits per heavy atom. The van der Waals surface area contributed by atoms with Crippen LogP contribution in [0.3, 0.4) is 0 Å². The molecule has 0 radical (unpaired) electrons. The highest BCUT2D eigenvalue weighted by molar-refractivity contribution is 7.89. The molecule has 19 heavy (non-hydrogen) atoms. The van der Waals surface area contributed by atoms with Crippen LogP contribution in [0.4, 0.5) is 0 Å². The molecule has 0 fully saturated rings. The molecule has 0 aromatic heterocycles. The second-order valence-electron chi connectivity index (χ2n) is 4.55. The molecule has 6 heteroatoms. The van der Waals surface area contributed by atoms with Gasteiger partial charge in [-0.05, 0) is 30.9 Å². The van der Waals surface area contributed by atoms with Crippen LogP contribution in [0.2, 0.25) is 0 Å². The fourth-order valence-corrected chi connectivity index (χ4v) is 2.35. The van der Waals surface area contributed by atoms with Crippen molar-refractivity contribution < 1.29 is 17.9 Å². The lowest BCUT2D eigenvalue weighted by Crippen LogP contribution is -2.18. The summed E-state index contributed by atoms with van der Waals surface area (Å²) in [5.41, 5.74) is 0. The quantitative estimate of drug-likeness (QED) is 0.790. The fraction of sp³-hybridized carbons (Fsp3) is 0.538. The zero-order valence-electron chi connectivity index (χ0n) is 11.3. The molecule has 1 rings (SSSR count). The van der Waals surface area contributed by atoms with Crippen LogP contribution in [0.15, 0.2) is 24.3 Å². The standard InChI is InChI=1S/C13H21NO4S/c1-11(8-10-19(14,15)16)7-9-18-13-6-4-3-5-12(13)17-2/h3-6,11H,7-10H2,1-2H3,(H2,14,15,16). The minimum absolute atomic E-state index is 0.0167. The minimum Gasteiger partial charge on any atom is -0.493 e. The number of methoxy groups -OCH3 is 1. The van der Waals surface area contributed by atoms with E-state index in [2.05, 4.69) is 0 Å². The molecular weight excluding hydrogens is 266 g/mol. The molecule has 0 saturated heterocycles. The highest BCUT2D eigenvalue weighted by Crippen LogP contribution is 2.26. The van der Waals surface area contributed by atoms with Crippen molar-refractivity contribution in [2.45, 2.75) is 19.8 Å². The van der Waals surface area contributed by atoms with Crippen LogP contribution in [-0.4, -0.2) is 27.9 Å². The number of rotatable bonds is 8. The monoisotopic (exact) mass is 287 g/mol. The lowest BCUT2D eigenvalue weighted by molar-refractivity contribution is 0.267. The first kappa shape index (κ1) is 15.8. The molecule has 0 aliphatic heterocycles. The van der Waals surface area contributed by atoms with E-state index in [0.717, 1.165) is 6.42 Å². The summed E-state index contributed by atoms with van der Waals surface area (Å²) in [6.45, 7) is 2.50. The highest BCUT2D eigenvalue weighted by Gasteiger charge is 2.09. The van der Waals surface area contributed by atoms with Crippen molar-refractivity contribution in [3.05, 3.63) is 24.3 Å². The first-order valence-corrected chi connectivity index (χ1v) is 7.90. The predicted molar refractivity (Wildman–Crippen MR) is 74.9 cm³/mol. The van der Waals surface area contributed by atoms with Gasteiger partial charge in [-0.2, -0.15) is 0 Å². The number of hydrogen-bond acceptors (Lipinski definition) is 4. The zero-order chi connectivity index (χ0) is 14.3. The van der Waals surface area contributed by atoms with Gasteiger partial charge in [0.1, 0.15) is 0 Å². The Balaban J connectivity index is 2.33. The lowest BCUT2D eigenvalue weighted by Gasteiger charge is -2.13. The summed E-state index contributed by atoms with van der Waals surface area (Å²) < 4.78 is 32.5. The van der Waals surface area contributed by atoms with Crippen LogP contribution >= 0.6 is 0 Å². The second-order valence-corrected chi connectivity index (χ2v) is 6.28. The highest BCUT2D eigenvalue weighted by atomic mass is 32.2. The number of benzene rings is 1. The van der Waals surface area contributed by atoms with Gasteiger partial charge in [0.15, 0.2) is 11.5 Å². The van der Waals surface area contributed by atoms with E-state index in [9.17, 15) is 8.42 Å². The Morgan fingerprint density at radius 2 is 1.84 bits per heavy atom. The summed E-state index contributed by atoms with van der Waals surface area (Å²) >= 11 is 0. The van der Waals surface area contributed by atoms with Gasteiger partial charge < -0.3 is 9.47 Å². The van der Waals surface area contributed by atoms with Crippen molar-refractivity contribution in [2.75, 3.05) is 19.5 Å². The normalized spacial score (nSPS) is 13.0. The maximum atomic E-state index is 10.8. The third kappa shape index (κ3) is 6.45. The van der Waals surface area contributed by atoms with Gasteiger partial charge in [0.25, 0.3) is 0 Å². The molecule has 0 heterocycles. The Kier molecular flexibility index (Phi) is 6.11. The summed E-state index contributed by atoms with van der Waals surface area (Å²) in [6, 6.07) is 7.43. The SMILES string of the molecule is COc1ccccc1OCCC(C)CCS(N)(=O)=O. The van der Waals surface area contributed by atoms with Crippen molar-refractivity contribution in [2.24, 2.45) is 11.1 Å². The van der Waals surface area contributed by atoms with E-state index >= 15 is 0 Å². The summed E-state index contributed by atoms with van der Waals surface area (Å²) in [6.07, 6.45) is 1.32. The van der Waals surface area contributed by atoms with Crippen molar-refractivity contribution in [1.82, 2.24) is 0 Å². The van der Waals surface area contributed by atoms with E-state index in [1.165, 1.54) is 0 Å². The topological polar surface area (TPSA) is 78.6 Å². The van der Waals surface area contributed by atoms with Crippen molar-refractivity contribution in [3.8, 4) is 11.5 Å². The van der Waals surface area contributed by atoms with Crippen LogP contribution in [0.25, 0.3) is 0 Å². The Hall–Kier alpha value is -1.27. The van der Waals surface area contributed by atoms with Crippen LogP contribution in [0.1, 0.15) is 19.8 Å². The summed E-state index contributed by atoms with van der Waals surface area (Å²) in [7, 11) is -1.77. The number of hydrogen-bond donors (Lipinski definition) is 1. The van der Waals surface area contributed by atoms with Gasteiger partial charge in [-0.1, -0.05) is 19.1 Å². The van der Waals surface area contributed by atoms with Gasteiger partial charge in [0, 0.05) is 0 Å². The molecule has 0 spiro atoms. The molecule has 2 N–H and O–H groups in total. The molecule has 0 aliphatic carbocycles. The number of sulfonamides is 1. The maximum Gasteiger partial charge on any atom is 0.209 e. The number of para-hydroxylation sites is 2. The Labute approximate surface area is 114 Å². The average Bonchev–Trinajstić information content (AvgIpc) is 2.36. The largest absolute Gasteiger partial charge is 0.493 e. The van der Waals surface area contributed by atoms with Crippen LogP contribution in [-0.2, 0) is 10.0 Å². The third-order valence-corrected chi connectivity index (χ3v) is 3.64. The molecule has 0 bridgehead atoms. The van der Waals surface area contributed by atoms with E-state index in [-0.39, 0.29) is 11.7 Å². The van der Waals surface area contributed by atoms with Crippen LogP contribution in [0, 0.1) is 5.92 Å². The maximum absolute atomic E-state index is 10.8.